The molecule has 1 N–H and O–H groups in total. The van der Waals surface area contributed by atoms with Crippen LogP contribution < -0.4 is 10.1 Å². The lowest BCUT2D eigenvalue weighted by Crippen LogP contribution is -2.31. The van der Waals surface area contributed by atoms with Crippen LogP contribution in [0.25, 0.3) is 0 Å². The number of carbonyl (C=O) groups is 1. The summed E-state index contributed by atoms with van der Waals surface area (Å²) in [5.74, 6) is 2.97. The molecule has 160 valence electrons. The first-order chi connectivity index (χ1) is 15.2. The number of thioether (sulfide) groups is 1. The van der Waals surface area contributed by atoms with E-state index in [1.807, 2.05) is 73.3 Å². The Morgan fingerprint density at radius 3 is 2.55 bits per heavy atom. The van der Waals surface area contributed by atoms with Crippen LogP contribution in [0.1, 0.15) is 27.0 Å². The number of ether oxygens (including phenoxy) is 1. The molecule has 1 amide bonds. The number of carbonyl (C=O) groups excluding carboxylic acids is 1. The fourth-order valence-electron chi connectivity index (χ4n) is 3.64. The van der Waals surface area contributed by atoms with Gasteiger partial charge in [0.15, 0.2) is 0 Å². The van der Waals surface area contributed by atoms with E-state index in [0.717, 1.165) is 36.4 Å². The van der Waals surface area contributed by atoms with Crippen molar-refractivity contribution in [3.05, 3.63) is 95.1 Å². The average molecular weight is 433 g/mol. The molecular weight excluding hydrogens is 404 g/mol. The summed E-state index contributed by atoms with van der Waals surface area (Å²) in [5.41, 5.74) is 4.89. The number of hydrogen-bond acceptors (Lipinski definition) is 4. The molecule has 3 aromatic carbocycles. The highest BCUT2D eigenvalue weighted by atomic mass is 32.2. The van der Waals surface area contributed by atoms with Gasteiger partial charge in [-0.15, -0.1) is 0 Å². The second-order valence-electron chi connectivity index (χ2n) is 7.79. The predicted molar refractivity (Wildman–Crippen MR) is 129 cm³/mol. The molecular formula is C26H28N2O2S. The topological polar surface area (TPSA) is 41.6 Å². The van der Waals surface area contributed by atoms with Crippen LogP contribution in [0.4, 0.5) is 5.69 Å². The molecule has 0 unspecified atom stereocenters. The Balaban J connectivity index is 1.37. The van der Waals surface area contributed by atoms with Gasteiger partial charge in [-0.05, 0) is 47.9 Å². The molecule has 4 rings (SSSR count). The third kappa shape index (κ3) is 6.12. The number of hydrogen-bond donors (Lipinski definition) is 1. The molecule has 1 aliphatic heterocycles. The Labute approximate surface area is 188 Å². The van der Waals surface area contributed by atoms with Crippen molar-refractivity contribution in [3.63, 3.8) is 0 Å². The van der Waals surface area contributed by atoms with Crippen molar-refractivity contribution < 1.29 is 9.53 Å². The summed E-state index contributed by atoms with van der Waals surface area (Å²) < 4.78 is 5.86. The first kappa shape index (κ1) is 21.5. The summed E-state index contributed by atoms with van der Waals surface area (Å²) >= 11 is 2.02. The molecule has 1 heterocycles. The lowest BCUT2D eigenvalue weighted by molar-refractivity contribution is 0.102. The van der Waals surface area contributed by atoms with Crippen molar-refractivity contribution in [2.24, 2.45) is 0 Å². The van der Waals surface area contributed by atoms with E-state index in [-0.39, 0.29) is 5.91 Å². The maximum Gasteiger partial charge on any atom is 0.255 e. The number of aryl methyl sites for hydroxylation is 1. The van der Waals surface area contributed by atoms with E-state index in [1.54, 1.807) is 6.07 Å². The van der Waals surface area contributed by atoms with E-state index in [9.17, 15) is 4.79 Å². The quantitative estimate of drug-likeness (QED) is 0.545. The largest absolute Gasteiger partial charge is 0.489 e. The summed E-state index contributed by atoms with van der Waals surface area (Å²) in [6, 6.07) is 23.6. The van der Waals surface area contributed by atoms with Crippen molar-refractivity contribution in [2.45, 2.75) is 20.1 Å². The Bertz CT molecular complexity index is 1020. The highest BCUT2D eigenvalue weighted by Gasteiger charge is 2.13. The first-order valence-electron chi connectivity index (χ1n) is 10.7. The Morgan fingerprint density at radius 2 is 1.77 bits per heavy atom. The molecule has 0 bridgehead atoms. The third-order valence-corrected chi connectivity index (χ3v) is 6.34. The van der Waals surface area contributed by atoms with Crippen molar-refractivity contribution in [3.8, 4) is 5.75 Å². The fraction of sp³-hybridized carbons (Fsp3) is 0.269. The fourth-order valence-corrected chi connectivity index (χ4v) is 4.62. The van der Waals surface area contributed by atoms with Gasteiger partial charge in [0.2, 0.25) is 0 Å². The summed E-state index contributed by atoms with van der Waals surface area (Å²) in [4.78, 5) is 15.3. The van der Waals surface area contributed by atoms with Crippen LogP contribution in [0.5, 0.6) is 5.75 Å². The van der Waals surface area contributed by atoms with Gasteiger partial charge < -0.3 is 10.1 Å². The molecule has 0 atom stereocenters. The monoisotopic (exact) mass is 432 g/mol. The highest BCUT2D eigenvalue weighted by Crippen LogP contribution is 2.21. The van der Waals surface area contributed by atoms with Gasteiger partial charge in [0.1, 0.15) is 12.4 Å². The summed E-state index contributed by atoms with van der Waals surface area (Å²) in [5, 5.41) is 3.05. The molecule has 0 saturated carbocycles. The van der Waals surface area contributed by atoms with Crippen LogP contribution in [0.2, 0.25) is 0 Å². The second-order valence-corrected chi connectivity index (χ2v) is 9.02. The standard InChI is InChI=1S/C26H28N2O2S/c1-20-16-22(18-28-12-14-31-15-13-28)10-11-25(20)27-26(29)23-8-5-9-24(17-23)30-19-21-6-3-2-4-7-21/h2-11,16-17H,12-15,18-19H2,1H3,(H,27,29). The first-order valence-corrected chi connectivity index (χ1v) is 11.8. The lowest BCUT2D eigenvalue weighted by atomic mass is 10.1. The number of rotatable bonds is 7. The zero-order valence-corrected chi connectivity index (χ0v) is 18.7. The van der Waals surface area contributed by atoms with Crippen LogP contribution in [0, 0.1) is 6.92 Å². The summed E-state index contributed by atoms with van der Waals surface area (Å²) in [6.07, 6.45) is 0. The number of anilines is 1. The minimum atomic E-state index is -0.130. The number of nitrogens with one attached hydrogen (secondary N) is 1. The predicted octanol–water partition coefficient (Wildman–Crippen LogP) is 5.38. The second kappa shape index (κ2) is 10.5. The number of benzene rings is 3. The molecule has 5 heteroatoms. The van der Waals surface area contributed by atoms with E-state index in [4.69, 9.17) is 4.74 Å². The minimum Gasteiger partial charge on any atom is -0.489 e. The normalized spacial score (nSPS) is 14.2. The summed E-state index contributed by atoms with van der Waals surface area (Å²) in [6.45, 7) is 5.78. The average Bonchev–Trinajstić information content (AvgIpc) is 2.81. The van der Waals surface area contributed by atoms with Gasteiger partial charge in [0.05, 0.1) is 0 Å². The number of nitrogens with zero attached hydrogens (tertiary/aromatic N) is 1. The van der Waals surface area contributed by atoms with E-state index in [2.05, 4.69) is 22.3 Å². The van der Waals surface area contributed by atoms with Crippen molar-refractivity contribution in [2.75, 3.05) is 29.9 Å². The lowest BCUT2D eigenvalue weighted by Gasteiger charge is -2.26. The number of amides is 1. The maximum absolute atomic E-state index is 12.8. The smallest absolute Gasteiger partial charge is 0.255 e. The van der Waals surface area contributed by atoms with Crippen molar-refractivity contribution >= 4 is 23.4 Å². The van der Waals surface area contributed by atoms with Crippen molar-refractivity contribution in [1.29, 1.82) is 0 Å². The molecule has 4 nitrogen and oxygen atoms in total. The van der Waals surface area contributed by atoms with Crippen LogP contribution in [-0.2, 0) is 13.2 Å². The Kier molecular flexibility index (Phi) is 7.28. The molecule has 1 saturated heterocycles. The van der Waals surface area contributed by atoms with Crippen LogP contribution in [0.3, 0.4) is 0 Å². The van der Waals surface area contributed by atoms with Crippen LogP contribution in [-0.4, -0.2) is 35.4 Å². The molecule has 0 aliphatic carbocycles. The highest BCUT2D eigenvalue weighted by molar-refractivity contribution is 7.99. The van der Waals surface area contributed by atoms with Crippen LogP contribution in [0.15, 0.2) is 72.8 Å². The van der Waals surface area contributed by atoms with E-state index >= 15 is 0 Å². The molecule has 0 radical (unpaired) electrons. The zero-order chi connectivity index (χ0) is 21.5. The minimum absolute atomic E-state index is 0.130. The van der Waals surface area contributed by atoms with Gasteiger partial charge in [-0.1, -0.05) is 48.5 Å². The zero-order valence-electron chi connectivity index (χ0n) is 17.8. The molecule has 0 aromatic heterocycles. The molecule has 0 spiro atoms. The SMILES string of the molecule is Cc1cc(CN2CCSCC2)ccc1NC(=O)c1cccc(OCc2ccccc2)c1. The summed E-state index contributed by atoms with van der Waals surface area (Å²) in [7, 11) is 0. The Morgan fingerprint density at radius 1 is 0.968 bits per heavy atom. The van der Waals surface area contributed by atoms with E-state index in [1.165, 1.54) is 17.1 Å². The Hall–Kier alpha value is -2.76. The van der Waals surface area contributed by atoms with Gasteiger partial charge in [-0.25, -0.2) is 0 Å². The molecule has 1 fully saturated rings. The molecule has 1 aliphatic rings. The van der Waals surface area contributed by atoms with Gasteiger partial charge in [-0.3, -0.25) is 9.69 Å². The molecule has 3 aromatic rings. The van der Waals surface area contributed by atoms with Gasteiger partial charge in [0.25, 0.3) is 5.91 Å². The van der Waals surface area contributed by atoms with Gasteiger partial charge in [0, 0.05) is 42.4 Å². The molecule has 31 heavy (non-hydrogen) atoms. The third-order valence-electron chi connectivity index (χ3n) is 5.39. The van der Waals surface area contributed by atoms with Gasteiger partial charge in [-0.2, -0.15) is 11.8 Å². The maximum atomic E-state index is 12.8. The van der Waals surface area contributed by atoms with E-state index in [0.29, 0.717) is 17.9 Å². The van der Waals surface area contributed by atoms with Gasteiger partial charge >= 0.3 is 0 Å². The van der Waals surface area contributed by atoms with Crippen molar-refractivity contribution in [1.82, 2.24) is 4.90 Å². The van der Waals surface area contributed by atoms with E-state index < -0.39 is 0 Å². The van der Waals surface area contributed by atoms with Crippen LogP contribution >= 0.6 is 11.8 Å².